The van der Waals surface area contributed by atoms with Gasteiger partial charge in [0.25, 0.3) is 0 Å². The smallest absolute Gasteiger partial charge is 0.234 e. The lowest BCUT2D eigenvalue weighted by molar-refractivity contribution is 0.484. The first-order valence-electron chi connectivity index (χ1n) is 22.4. The van der Waals surface area contributed by atoms with Gasteiger partial charge in [0, 0.05) is 93.8 Å². The lowest BCUT2D eigenvalue weighted by Crippen LogP contribution is -2.13. The van der Waals surface area contributed by atoms with Crippen LogP contribution < -0.4 is 9.47 Å². The van der Waals surface area contributed by atoms with Crippen molar-refractivity contribution in [3.8, 4) is 40.8 Å². The Hall–Kier alpha value is -8.44. The Labute approximate surface area is 386 Å². The van der Waals surface area contributed by atoms with E-state index in [2.05, 4.69) is 128 Å². The largest absolute Gasteiger partial charge is 0.457 e. The van der Waals surface area contributed by atoms with Gasteiger partial charge in [-0.3, -0.25) is 13.7 Å². The van der Waals surface area contributed by atoms with Crippen LogP contribution in [0.15, 0.2) is 165 Å². The number of hydrogen-bond donors (Lipinski definition) is 0. The van der Waals surface area contributed by atoms with Gasteiger partial charge in [0.05, 0.1) is 33.1 Å². The second-order valence-electron chi connectivity index (χ2n) is 19.1. The molecule has 11 nitrogen and oxygen atoms in total. The number of hydrogen-bond acceptors (Lipinski definition) is 8. The summed E-state index contributed by atoms with van der Waals surface area (Å²) >= 11 is 0. The Balaban J connectivity index is 0.928. The molecule has 12 aromatic rings. The van der Waals surface area contributed by atoms with Gasteiger partial charge in [0.15, 0.2) is 0 Å². The lowest BCUT2D eigenvalue weighted by Gasteiger charge is -2.18. The highest BCUT2D eigenvalue weighted by molar-refractivity contribution is 6.11. The zero-order valence-corrected chi connectivity index (χ0v) is 37.9. The lowest BCUT2D eigenvalue weighted by atomic mass is 9.89. The summed E-state index contributed by atoms with van der Waals surface area (Å²) in [5, 5.41) is 6.45. The van der Waals surface area contributed by atoms with E-state index in [0.717, 1.165) is 76.5 Å². The van der Waals surface area contributed by atoms with Gasteiger partial charge in [-0.2, -0.15) is 0 Å². The first-order valence-corrected chi connectivity index (χ1v) is 22.4. The van der Waals surface area contributed by atoms with E-state index in [1.807, 2.05) is 79.4 Å². The van der Waals surface area contributed by atoms with Crippen LogP contribution in [0.1, 0.15) is 52.7 Å². The molecule has 6 aromatic carbocycles. The number of rotatable bonds is 7. The summed E-state index contributed by atoms with van der Waals surface area (Å²) in [6.45, 7) is 13.0. The molecule has 0 aliphatic rings. The molecule has 6 heterocycles. The number of nitrogens with zero attached hydrogens (tertiary/aromatic N) is 9. The fourth-order valence-electron chi connectivity index (χ4n) is 9.11. The maximum atomic E-state index is 6.71. The van der Waals surface area contributed by atoms with Gasteiger partial charge in [-0.25, -0.2) is 29.9 Å². The number of fused-ring (bicyclic) bond motifs is 9. The average Bonchev–Trinajstić information content (AvgIpc) is 3.96. The maximum Gasteiger partial charge on any atom is 0.234 e. The molecule has 0 saturated heterocycles. The molecule has 0 N–H and O–H groups in total. The third-order valence-corrected chi connectivity index (χ3v) is 12.6. The SMILES string of the molecule is CC(C)(C)c1cnc(-n2c3ccccc3c3ccc(Oc4ccc5c6ccc(Oc7ccc8c9ccccc9n(-c9ncc(C(C)(C)C)cn9)c8c7)cc6n(-c6ncccn6)c5c4)cc32)nc1. The summed E-state index contributed by atoms with van der Waals surface area (Å²) in [5.41, 5.74) is 7.75. The Morgan fingerprint density at radius 3 is 0.970 bits per heavy atom. The number of aromatic nitrogens is 9. The average molecular weight is 876 g/mol. The van der Waals surface area contributed by atoms with Crippen LogP contribution in [0.25, 0.3) is 83.3 Å². The minimum Gasteiger partial charge on any atom is -0.457 e. The molecule has 0 unspecified atom stereocenters. The predicted octanol–water partition coefficient (Wildman–Crippen LogP) is 13.5. The summed E-state index contributed by atoms with van der Waals surface area (Å²) in [4.78, 5) is 28.8. The summed E-state index contributed by atoms with van der Waals surface area (Å²) in [5.74, 6) is 4.43. The number of para-hydroxylation sites is 2. The van der Waals surface area contributed by atoms with E-state index in [0.29, 0.717) is 40.8 Å². The molecule has 0 saturated carbocycles. The fourth-order valence-corrected chi connectivity index (χ4v) is 9.11. The van der Waals surface area contributed by atoms with Crippen molar-refractivity contribution in [3.05, 3.63) is 176 Å². The Bertz CT molecular complexity index is 3640. The van der Waals surface area contributed by atoms with Crippen molar-refractivity contribution in [1.29, 1.82) is 0 Å². The van der Waals surface area contributed by atoms with Gasteiger partial charge in [0.1, 0.15) is 23.0 Å². The molecule has 0 bridgehead atoms. The summed E-state index contributed by atoms with van der Waals surface area (Å²) in [6.07, 6.45) is 11.2. The number of benzene rings is 6. The van der Waals surface area contributed by atoms with E-state index in [-0.39, 0.29) is 10.8 Å². The second-order valence-corrected chi connectivity index (χ2v) is 19.1. The van der Waals surface area contributed by atoms with E-state index >= 15 is 0 Å². The van der Waals surface area contributed by atoms with Crippen molar-refractivity contribution in [3.63, 3.8) is 0 Å². The Kier molecular flexibility index (Phi) is 9.02. The molecule has 67 heavy (non-hydrogen) atoms. The van der Waals surface area contributed by atoms with E-state index in [1.54, 1.807) is 12.4 Å². The molecular formula is C56H45N9O2. The van der Waals surface area contributed by atoms with Crippen molar-refractivity contribution in [2.75, 3.05) is 0 Å². The molecule has 0 spiro atoms. The quantitative estimate of drug-likeness (QED) is 0.156. The van der Waals surface area contributed by atoms with E-state index in [1.165, 1.54) is 0 Å². The molecule has 0 amide bonds. The molecule has 11 heteroatoms. The van der Waals surface area contributed by atoms with Crippen LogP contribution in [0, 0.1) is 0 Å². The molecule has 12 rings (SSSR count). The van der Waals surface area contributed by atoms with E-state index < -0.39 is 0 Å². The van der Waals surface area contributed by atoms with Crippen LogP contribution in [0.4, 0.5) is 0 Å². The first-order chi connectivity index (χ1) is 32.5. The zero-order valence-electron chi connectivity index (χ0n) is 37.9. The second kappa shape index (κ2) is 15.1. The highest BCUT2D eigenvalue weighted by atomic mass is 16.5. The van der Waals surface area contributed by atoms with Gasteiger partial charge < -0.3 is 9.47 Å². The van der Waals surface area contributed by atoms with Crippen LogP contribution in [-0.2, 0) is 10.8 Å². The fraction of sp³-hybridized carbons (Fsp3) is 0.143. The van der Waals surface area contributed by atoms with Crippen molar-refractivity contribution in [2.24, 2.45) is 0 Å². The van der Waals surface area contributed by atoms with Crippen molar-refractivity contribution in [1.82, 2.24) is 43.6 Å². The molecule has 0 aliphatic carbocycles. The first kappa shape index (κ1) is 40.1. The van der Waals surface area contributed by atoms with Gasteiger partial charge in [-0.15, -0.1) is 0 Å². The van der Waals surface area contributed by atoms with Crippen LogP contribution >= 0.6 is 0 Å². The number of ether oxygens (including phenoxy) is 2. The van der Waals surface area contributed by atoms with Gasteiger partial charge in [-0.1, -0.05) is 77.9 Å². The molecular weight excluding hydrogens is 831 g/mol. The third-order valence-electron chi connectivity index (χ3n) is 12.6. The van der Waals surface area contributed by atoms with E-state index in [4.69, 9.17) is 39.4 Å². The third kappa shape index (κ3) is 6.81. The van der Waals surface area contributed by atoms with Crippen LogP contribution in [-0.4, -0.2) is 43.6 Å². The maximum absolute atomic E-state index is 6.71. The summed E-state index contributed by atoms with van der Waals surface area (Å²) in [6, 6.07) is 43.2. The van der Waals surface area contributed by atoms with Crippen molar-refractivity contribution >= 4 is 65.4 Å². The van der Waals surface area contributed by atoms with Crippen molar-refractivity contribution in [2.45, 2.75) is 52.4 Å². The molecule has 326 valence electrons. The minimum absolute atomic E-state index is 0.0630. The topological polar surface area (TPSA) is 111 Å². The van der Waals surface area contributed by atoms with Gasteiger partial charge >= 0.3 is 0 Å². The highest BCUT2D eigenvalue weighted by Crippen LogP contribution is 2.40. The molecule has 0 fully saturated rings. The minimum atomic E-state index is -0.0630. The normalized spacial score (nSPS) is 12.3. The monoisotopic (exact) mass is 875 g/mol. The van der Waals surface area contributed by atoms with Crippen LogP contribution in [0.3, 0.4) is 0 Å². The van der Waals surface area contributed by atoms with Gasteiger partial charge in [0.2, 0.25) is 17.8 Å². The summed E-state index contributed by atoms with van der Waals surface area (Å²) < 4.78 is 19.7. The summed E-state index contributed by atoms with van der Waals surface area (Å²) in [7, 11) is 0. The molecule has 6 aromatic heterocycles. The van der Waals surface area contributed by atoms with Crippen molar-refractivity contribution < 1.29 is 9.47 Å². The molecule has 0 radical (unpaired) electrons. The predicted molar refractivity (Wildman–Crippen MR) is 267 cm³/mol. The zero-order chi connectivity index (χ0) is 45.6. The Morgan fingerprint density at radius 1 is 0.328 bits per heavy atom. The molecule has 0 aliphatic heterocycles. The molecule has 0 atom stereocenters. The van der Waals surface area contributed by atoms with Crippen LogP contribution in [0.2, 0.25) is 0 Å². The Morgan fingerprint density at radius 2 is 0.627 bits per heavy atom. The van der Waals surface area contributed by atoms with Gasteiger partial charge in [-0.05, 0) is 88.7 Å². The highest BCUT2D eigenvalue weighted by Gasteiger charge is 2.22. The van der Waals surface area contributed by atoms with E-state index in [9.17, 15) is 0 Å². The van der Waals surface area contributed by atoms with Crippen LogP contribution in [0.5, 0.6) is 23.0 Å². The standard InChI is InChI=1S/C56H45N9O2/c1-55(2,3)34-30-59-53(60-31-34)63-46-14-9-7-12-40(46)42-20-16-36(26-48(42)63)66-38-18-22-44-45-23-19-39(29-51(45)65(50(44)28-38)52-57-24-11-25-58-52)67-37-17-21-43-41-13-8-10-15-47(41)64(49(43)27-37)54-61-32-35(33-62-54)56(4,5)6/h7-33H,1-6H3.